The second-order valence-corrected chi connectivity index (χ2v) is 6.72. The zero-order valence-corrected chi connectivity index (χ0v) is 14.9. The Labute approximate surface area is 155 Å². The molecule has 1 unspecified atom stereocenters. The third-order valence-corrected chi connectivity index (χ3v) is 5.07. The van der Waals surface area contributed by atoms with E-state index in [0.717, 1.165) is 49.6 Å². The molecule has 1 N–H and O–H groups in total. The lowest BCUT2D eigenvalue weighted by atomic mass is 9.88. The van der Waals surface area contributed by atoms with Crippen molar-refractivity contribution in [3.8, 4) is 11.5 Å². The van der Waals surface area contributed by atoms with Gasteiger partial charge in [-0.15, -0.1) is 0 Å². The number of carbonyl (C=O) groups excluding carboxylic acids is 1. The van der Waals surface area contributed by atoms with Crippen LogP contribution in [0, 0.1) is 11.6 Å². The molecule has 2 aliphatic heterocycles. The third kappa shape index (κ3) is 3.35. The summed E-state index contributed by atoms with van der Waals surface area (Å²) in [5.74, 6) is -2.57. The number of piperazine rings is 1. The van der Waals surface area contributed by atoms with E-state index in [9.17, 15) is 13.6 Å². The molecule has 0 radical (unpaired) electrons. The summed E-state index contributed by atoms with van der Waals surface area (Å²) in [5.41, 5.74) is 1.98. The number of carbonyl (C=O) groups is 1. The van der Waals surface area contributed by atoms with Gasteiger partial charge in [-0.2, -0.15) is 0 Å². The molecule has 0 aromatic heterocycles. The molecule has 27 heavy (non-hydrogen) atoms. The number of ether oxygens (including phenoxy) is 2. The van der Waals surface area contributed by atoms with Crippen LogP contribution in [0.4, 0.5) is 14.5 Å². The highest BCUT2D eigenvalue weighted by molar-refractivity contribution is 5.84. The maximum Gasteiger partial charge on any atom is 0.319 e. The highest BCUT2D eigenvalue weighted by Crippen LogP contribution is 2.39. The van der Waals surface area contributed by atoms with Crippen molar-refractivity contribution in [1.29, 1.82) is 0 Å². The number of anilines is 1. The molecule has 7 heteroatoms. The Bertz CT molecular complexity index is 882. The van der Waals surface area contributed by atoms with Gasteiger partial charge in [-0.3, -0.25) is 4.79 Å². The first-order valence-electron chi connectivity index (χ1n) is 8.90. The molecule has 1 saturated heterocycles. The van der Waals surface area contributed by atoms with Crippen molar-refractivity contribution < 1.29 is 23.0 Å². The number of halogens is 2. The smallest absolute Gasteiger partial charge is 0.319 e. The molecule has 0 amide bonds. The number of nitrogens with one attached hydrogen (secondary N) is 1. The van der Waals surface area contributed by atoms with Gasteiger partial charge in [-0.05, 0) is 24.1 Å². The first-order valence-corrected chi connectivity index (χ1v) is 8.90. The van der Waals surface area contributed by atoms with Gasteiger partial charge in [0.25, 0.3) is 0 Å². The summed E-state index contributed by atoms with van der Waals surface area (Å²) in [6, 6.07) is 7.63. The number of hydrogen-bond acceptors (Lipinski definition) is 5. The predicted octanol–water partition coefficient (Wildman–Crippen LogP) is 2.63. The van der Waals surface area contributed by atoms with Crippen LogP contribution in [-0.4, -0.2) is 39.3 Å². The van der Waals surface area contributed by atoms with Gasteiger partial charge >= 0.3 is 5.97 Å². The molecule has 1 fully saturated rings. The van der Waals surface area contributed by atoms with Crippen LogP contribution in [0.25, 0.3) is 0 Å². The molecule has 0 saturated carbocycles. The Kier molecular flexibility index (Phi) is 4.70. The summed E-state index contributed by atoms with van der Waals surface area (Å²) in [5, 5.41) is 3.30. The molecule has 0 aliphatic carbocycles. The number of fused-ring (bicyclic) bond motifs is 1. The van der Waals surface area contributed by atoms with Crippen LogP contribution in [0.15, 0.2) is 30.3 Å². The first-order chi connectivity index (χ1) is 13.1. The van der Waals surface area contributed by atoms with E-state index in [1.807, 2.05) is 18.2 Å². The number of nitrogens with zero attached hydrogens (tertiary/aromatic N) is 1. The SMILES string of the molecule is COc1c(F)cc(F)cc1C1Cc2ccc(N3CCNCC3)cc2OC1=O. The third-order valence-electron chi connectivity index (χ3n) is 5.07. The number of benzene rings is 2. The summed E-state index contributed by atoms with van der Waals surface area (Å²) < 4.78 is 38.3. The minimum Gasteiger partial charge on any atom is -0.493 e. The summed E-state index contributed by atoms with van der Waals surface area (Å²) >= 11 is 0. The van der Waals surface area contributed by atoms with Crippen molar-refractivity contribution in [2.24, 2.45) is 0 Å². The minimum atomic E-state index is -0.833. The Morgan fingerprint density at radius 1 is 1.19 bits per heavy atom. The van der Waals surface area contributed by atoms with Crippen molar-refractivity contribution in [3.05, 3.63) is 53.1 Å². The molecular weight excluding hydrogens is 354 g/mol. The fourth-order valence-corrected chi connectivity index (χ4v) is 3.70. The second kappa shape index (κ2) is 7.15. The second-order valence-electron chi connectivity index (χ2n) is 6.72. The van der Waals surface area contributed by atoms with Gasteiger partial charge < -0.3 is 19.7 Å². The fraction of sp³-hybridized carbons (Fsp3) is 0.350. The Morgan fingerprint density at radius 2 is 1.96 bits per heavy atom. The van der Waals surface area contributed by atoms with Crippen molar-refractivity contribution in [3.63, 3.8) is 0 Å². The molecule has 5 nitrogen and oxygen atoms in total. The number of rotatable bonds is 3. The summed E-state index contributed by atoms with van der Waals surface area (Å²) in [6.45, 7) is 3.58. The van der Waals surface area contributed by atoms with Crippen LogP contribution in [0.1, 0.15) is 17.0 Å². The molecule has 2 aromatic rings. The average Bonchev–Trinajstić information content (AvgIpc) is 2.67. The highest BCUT2D eigenvalue weighted by atomic mass is 19.1. The summed E-state index contributed by atoms with van der Waals surface area (Å²) in [7, 11) is 1.29. The number of esters is 1. The monoisotopic (exact) mass is 374 g/mol. The standard InChI is InChI=1S/C20H20F2N2O3/c1-26-19-15(9-13(21)10-17(19)22)16-8-12-2-3-14(11-18(12)27-20(16)25)24-6-4-23-5-7-24/h2-3,9-11,16,23H,4-8H2,1H3. The number of methoxy groups -OCH3 is 1. The van der Waals surface area contributed by atoms with E-state index in [1.165, 1.54) is 7.11 Å². The van der Waals surface area contributed by atoms with E-state index >= 15 is 0 Å². The molecule has 0 bridgehead atoms. The van der Waals surface area contributed by atoms with Crippen molar-refractivity contribution >= 4 is 11.7 Å². The van der Waals surface area contributed by atoms with E-state index in [4.69, 9.17) is 9.47 Å². The molecule has 2 aromatic carbocycles. The van der Waals surface area contributed by atoms with Crippen LogP contribution in [0.3, 0.4) is 0 Å². The minimum absolute atomic E-state index is 0.126. The van der Waals surface area contributed by atoms with Crippen LogP contribution >= 0.6 is 0 Å². The van der Waals surface area contributed by atoms with Crippen LogP contribution < -0.4 is 19.7 Å². The zero-order chi connectivity index (χ0) is 19.0. The predicted molar refractivity (Wildman–Crippen MR) is 96.5 cm³/mol. The fourth-order valence-electron chi connectivity index (χ4n) is 3.70. The van der Waals surface area contributed by atoms with Crippen LogP contribution in [0.5, 0.6) is 11.5 Å². The van der Waals surface area contributed by atoms with E-state index in [2.05, 4.69) is 10.2 Å². The first kappa shape index (κ1) is 17.7. The van der Waals surface area contributed by atoms with Gasteiger partial charge in [-0.1, -0.05) is 6.07 Å². The molecular formula is C20H20F2N2O3. The molecule has 2 aliphatic rings. The van der Waals surface area contributed by atoms with Crippen molar-refractivity contribution in [1.82, 2.24) is 5.32 Å². The molecule has 0 spiro atoms. The van der Waals surface area contributed by atoms with Gasteiger partial charge in [-0.25, -0.2) is 8.78 Å². The van der Waals surface area contributed by atoms with E-state index < -0.39 is 23.5 Å². The topological polar surface area (TPSA) is 50.8 Å². The molecule has 2 heterocycles. The molecule has 4 rings (SSSR count). The number of hydrogen-bond donors (Lipinski definition) is 1. The summed E-state index contributed by atoms with van der Waals surface area (Å²) in [4.78, 5) is 14.8. The van der Waals surface area contributed by atoms with Gasteiger partial charge in [0.1, 0.15) is 11.6 Å². The van der Waals surface area contributed by atoms with E-state index in [0.29, 0.717) is 12.2 Å². The lowest BCUT2D eigenvalue weighted by Gasteiger charge is -2.31. The Balaban J connectivity index is 1.65. The Hall–Kier alpha value is -2.67. The quantitative estimate of drug-likeness (QED) is 0.661. The van der Waals surface area contributed by atoms with Gasteiger partial charge in [0.2, 0.25) is 0 Å². The molecule has 1 atom stereocenters. The van der Waals surface area contributed by atoms with Crippen LogP contribution in [-0.2, 0) is 11.2 Å². The van der Waals surface area contributed by atoms with Gasteiger partial charge in [0, 0.05) is 49.6 Å². The summed E-state index contributed by atoms with van der Waals surface area (Å²) in [6.07, 6.45) is 0.301. The highest BCUT2D eigenvalue weighted by Gasteiger charge is 2.33. The zero-order valence-electron chi connectivity index (χ0n) is 14.9. The van der Waals surface area contributed by atoms with Gasteiger partial charge in [0.15, 0.2) is 11.6 Å². The maximum atomic E-state index is 14.0. The van der Waals surface area contributed by atoms with Gasteiger partial charge in [0.05, 0.1) is 13.0 Å². The maximum absolute atomic E-state index is 14.0. The Morgan fingerprint density at radius 3 is 2.70 bits per heavy atom. The van der Waals surface area contributed by atoms with Crippen LogP contribution in [0.2, 0.25) is 0 Å². The van der Waals surface area contributed by atoms with E-state index in [-0.39, 0.29) is 11.3 Å². The normalized spacial score (nSPS) is 19.4. The lowest BCUT2D eigenvalue weighted by molar-refractivity contribution is -0.137. The average molecular weight is 374 g/mol. The molecule has 142 valence electrons. The van der Waals surface area contributed by atoms with E-state index in [1.54, 1.807) is 0 Å². The largest absolute Gasteiger partial charge is 0.493 e. The van der Waals surface area contributed by atoms with Crippen molar-refractivity contribution in [2.75, 3.05) is 38.2 Å². The van der Waals surface area contributed by atoms with Crippen molar-refractivity contribution in [2.45, 2.75) is 12.3 Å². The lowest BCUT2D eigenvalue weighted by Crippen LogP contribution is -2.43.